The molecule has 0 radical (unpaired) electrons. The molecule has 2 aliphatic rings. The van der Waals surface area contributed by atoms with E-state index in [1.165, 1.54) is 25.3 Å². The van der Waals surface area contributed by atoms with Crippen molar-refractivity contribution in [2.45, 2.75) is 43.1 Å². The first-order valence-electron chi connectivity index (χ1n) is 10.9. The monoisotopic (exact) mass is 492 g/mol. The van der Waals surface area contributed by atoms with Crippen molar-refractivity contribution in [1.82, 2.24) is 4.98 Å². The minimum Gasteiger partial charge on any atom is -0.388 e. The number of alkyl halides is 3. The van der Waals surface area contributed by atoms with Gasteiger partial charge in [0.05, 0.1) is 17.7 Å². The lowest BCUT2D eigenvalue weighted by molar-refractivity contribution is -0.337. The van der Waals surface area contributed by atoms with E-state index in [-0.39, 0.29) is 17.5 Å². The molecule has 5 rings (SSSR count). The molecular formula is C24H23F3N2O6. The van der Waals surface area contributed by atoms with E-state index in [0.29, 0.717) is 11.8 Å². The van der Waals surface area contributed by atoms with Crippen molar-refractivity contribution in [2.24, 2.45) is 0 Å². The fourth-order valence-corrected chi connectivity index (χ4v) is 4.50. The molecule has 0 amide bonds. The van der Waals surface area contributed by atoms with Crippen LogP contribution in [-0.2, 0) is 25.1 Å². The molecule has 0 bridgehead atoms. The van der Waals surface area contributed by atoms with Crippen LogP contribution in [0.1, 0.15) is 17.4 Å². The second kappa shape index (κ2) is 9.25. The number of benzene rings is 2. The minimum absolute atomic E-state index is 0.000607. The Kier molecular flexibility index (Phi) is 6.28. The van der Waals surface area contributed by atoms with E-state index in [0.717, 1.165) is 5.56 Å². The maximum Gasteiger partial charge on any atom is 0.417 e. The Morgan fingerprint density at radius 3 is 2.60 bits per heavy atom. The summed E-state index contributed by atoms with van der Waals surface area (Å²) in [6.07, 6.45) is -8.72. The zero-order valence-electron chi connectivity index (χ0n) is 18.5. The number of nitrogens with one attached hydrogen (secondary N) is 2. The molecule has 8 nitrogen and oxygen atoms in total. The number of pyridine rings is 1. The molecule has 3 aromatic rings. The largest absolute Gasteiger partial charge is 0.417 e. The highest BCUT2D eigenvalue weighted by molar-refractivity contribution is 5.85. The van der Waals surface area contributed by atoms with Crippen LogP contribution in [0.25, 0.3) is 10.9 Å². The second-order valence-electron chi connectivity index (χ2n) is 8.42. The zero-order valence-corrected chi connectivity index (χ0v) is 18.5. The summed E-state index contributed by atoms with van der Waals surface area (Å²) in [5.41, 5.74) is -0.755. The molecule has 0 spiro atoms. The summed E-state index contributed by atoms with van der Waals surface area (Å²) < 4.78 is 63.3. The zero-order chi connectivity index (χ0) is 24.7. The number of rotatable bonds is 4. The van der Waals surface area contributed by atoms with Crippen LogP contribution in [-0.4, -0.2) is 54.5 Å². The average molecular weight is 492 g/mol. The molecule has 186 valence electrons. The lowest BCUT2D eigenvalue weighted by Crippen LogP contribution is -2.64. The summed E-state index contributed by atoms with van der Waals surface area (Å²) in [5, 5.41) is 14.1. The van der Waals surface area contributed by atoms with Gasteiger partial charge in [-0.2, -0.15) is 13.2 Å². The van der Waals surface area contributed by atoms with Gasteiger partial charge in [-0.05, 0) is 12.1 Å². The van der Waals surface area contributed by atoms with Crippen LogP contribution in [0.2, 0.25) is 0 Å². The standard InChI is InChI=1S/C24H23F3N2O6/c1-32-23-19(20(31)21-17(34-23)11-33-22(35-21)12-5-3-2-4-6-12)28-13-7-8-14-15(24(25,26)27)10-18(30)29-16(14)9-13/h2-10,17,19-23,28,31H,11H2,1H3,(H,29,30)/t17?,19?,20?,21-,22?,23+/m1/s1. The van der Waals surface area contributed by atoms with Crippen molar-refractivity contribution in [2.75, 3.05) is 19.0 Å². The number of aliphatic hydroxyl groups is 1. The maximum absolute atomic E-state index is 13.4. The fourth-order valence-electron chi connectivity index (χ4n) is 4.50. The smallest absolute Gasteiger partial charge is 0.388 e. The van der Waals surface area contributed by atoms with Crippen molar-refractivity contribution in [3.63, 3.8) is 0 Å². The van der Waals surface area contributed by atoms with E-state index in [1.807, 2.05) is 30.3 Å². The van der Waals surface area contributed by atoms with Gasteiger partial charge in [-0.1, -0.05) is 36.4 Å². The number of aromatic nitrogens is 1. The Bertz CT molecular complexity index is 1250. The van der Waals surface area contributed by atoms with Gasteiger partial charge in [0.15, 0.2) is 12.6 Å². The van der Waals surface area contributed by atoms with Crippen LogP contribution in [0.15, 0.2) is 59.4 Å². The maximum atomic E-state index is 13.4. The second-order valence-corrected chi connectivity index (χ2v) is 8.42. The molecule has 35 heavy (non-hydrogen) atoms. The van der Waals surface area contributed by atoms with E-state index < -0.39 is 54.2 Å². The minimum atomic E-state index is -4.68. The highest BCUT2D eigenvalue weighted by Gasteiger charge is 2.49. The highest BCUT2D eigenvalue weighted by Crippen LogP contribution is 2.37. The molecule has 3 N–H and O–H groups in total. The number of fused-ring (bicyclic) bond motifs is 2. The van der Waals surface area contributed by atoms with Crippen LogP contribution in [0.4, 0.5) is 18.9 Å². The molecule has 4 unspecified atom stereocenters. The Morgan fingerprint density at radius 2 is 1.89 bits per heavy atom. The fraction of sp³-hybridized carbons (Fsp3) is 0.375. The van der Waals surface area contributed by atoms with Gasteiger partial charge in [-0.25, -0.2) is 0 Å². The molecule has 0 aliphatic carbocycles. The van der Waals surface area contributed by atoms with Crippen LogP contribution in [0.5, 0.6) is 0 Å². The number of halogens is 3. The number of anilines is 1. The lowest BCUT2D eigenvalue weighted by Gasteiger charge is -2.47. The molecule has 2 aromatic carbocycles. The SMILES string of the molecule is CO[C@H]1OC2COC(c3ccccc3)O[C@H]2C(O)C1Nc1ccc2c(C(F)(F)F)cc(=O)[nH]c2c1. The normalized spacial score (nSPS) is 29.1. The number of hydrogen-bond acceptors (Lipinski definition) is 7. The van der Waals surface area contributed by atoms with Crippen molar-refractivity contribution in [3.8, 4) is 0 Å². The van der Waals surface area contributed by atoms with Crippen molar-refractivity contribution in [3.05, 3.63) is 76.1 Å². The van der Waals surface area contributed by atoms with Crippen LogP contribution in [0.3, 0.4) is 0 Å². The van der Waals surface area contributed by atoms with E-state index >= 15 is 0 Å². The first-order valence-corrected chi connectivity index (χ1v) is 10.9. The Hall–Kier alpha value is -2.96. The molecule has 0 saturated carbocycles. The average Bonchev–Trinajstić information content (AvgIpc) is 2.84. The quantitative estimate of drug-likeness (QED) is 0.514. The highest BCUT2D eigenvalue weighted by atomic mass is 19.4. The summed E-state index contributed by atoms with van der Waals surface area (Å²) in [6, 6.07) is 13.0. The summed E-state index contributed by atoms with van der Waals surface area (Å²) in [7, 11) is 1.41. The van der Waals surface area contributed by atoms with Crippen molar-refractivity contribution >= 4 is 16.6 Å². The van der Waals surface area contributed by atoms with E-state index in [2.05, 4.69) is 10.3 Å². The van der Waals surface area contributed by atoms with Gasteiger partial charge in [0.2, 0.25) is 5.56 Å². The van der Waals surface area contributed by atoms with Gasteiger partial charge in [-0.15, -0.1) is 0 Å². The third-order valence-electron chi connectivity index (χ3n) is 6.15. The van der Waals surface area contributed by atoms with Crippen molar-refractivity contribution < 1.29 is 37.2 Å². The molecule has 6 atom stereocenters. The summed E-state index contributed by atoms with van der Waals surface area (Å²) >= 11 is 0. The molecular weight excluding hydrogens is 469 g/mol. The van der Waals surface area contributed by atoms with Crippen LogP contribution in [0, 0.1) is 0 Å². The summed E-state index contributed by atoms with van der Waals surface area (Å²) in [6.45, 7) is 0.172. The van der Waals surface area contributed by atoms with Gasteiger partial charge >= 0.3 is 6.18 Å². The lowest BCUT2D eigenvalue weighted by atomic mass is 9.95. The molecule has 2 aliphatic heterocycles. The number of methoxy groups -OCH3 is 1. The van der Waals surface area contributed by atoms with Gasteiger partial charge in [-0.3, -0.25) is 4.79 Å². The van der Waals surface area contributed by atoms with Crippen LogP contribution >= 0.6 is 0 Å². The predicted molar refractivity (Wildman–Crippen MR) is 119 cm³/mol. The first kappa shape index (κ1) is 23.8. The Balaban J connectivity index is 1.41. The molecule has 3 heterocycles. The number of aliphatic hydroxyl groups excluding tert-OH is 1. The number of aromatic amines is 1. The van der Waals surface area contributed by atoms with E-state index in [1.54, 1.807) is 0 Å². The third kappa shape index (κ3) is 4.65. The Morgan fingerprint density at radius 1 is 1.11 bits per heavy atom. The van der Waals surface area contributed by atoms with Gasteiger partial charge in [0, 0.05) is 29.8 Å². The predicted octanol–water partition coefficient (Wildman–Crippen LogP) is 3.17. The van der Waals surface area contributed by atoms with Gasteiger partial charge in [0.25, 0.3) is 0 Å². The number of hydrogen-bond donors (Lipinski definition) is 3. The van der Waals surface area contributed by atoms with Crippen molar-refractivity contribution in [1.29, 1.82) is 0 Å². The molecule has 2 saturated heterocycles. The topological polar surface area (TPSA) is 102 Å². The van der Waals surface area contributed by atoms with Gasteiger partial charge in [0.1, 0.15) is 24.4 Å². The Labute approximate surface area is 197 Å². The molecule has 2 fully saturated rings. The number of ether oxygens (including phenoxy) is 4. The third-order valence-corrected chi connectivity index (χ3v) is 6.15. The van der Waals surface area contributed by atoms with E-state index in [9.17, 15) is 23.1 Å². The number of H-pyrrole nitrogens is 1. The first-order chi connectivity index (χ1) is 16.7. The summed E-state index contributed by atoms with van der Waals surface area (Å²) in [5.74, 6) is 0. The van der Waals surface area contributed by atoms with E-state index in [4.69, 9.17) is 18.9 Å². The molecule has 1 aromatic heterocycles. The molecule has 11 heteroatoms. The summed E-state index contributed by atoms with van der Waals surface area (Å²) in [4.78, 5) is 14.2. The van der Waals surface area contributed by atoms with Gasteiger partial charge < -0.3 is 34.4 Å². The van der Waals surface area contributed by atoms with Crippen LogP contribution < -0.4 is 10.9 Å².